The van der Waals surface area contributed by atoms with Crippen molar-refractivity contribution in [3.63, 3.8) is 0 Å². The molecule has 0 bridgehead atoms. The number of carbonyl (C=O) groups is 1. The van der Waals surface area contributed by atoms with Gasteiger partial charge < -0.3 is 15.8 Å². The third kappa shape index (κ3) is 4.85. The van der Waals surface area contributed by atoms with Gasteiger partial charge in [-0.05, 0) is 63.8 Å². The minimum absolute atomic E-state index is 0.0190. The Hall–Kier alpha value is -2.23. The normalized spacial score (nSPS) is 15.9. The second-order valence-electron chi connectivity index (χ2n) is 8.49. The summed E-state index contributed by atoms with van der Waals surface area (Å²) in [5.74, 6) is 0.350. The second kappa shape index (κ2) is 7.55. The fraction of sp³-hybridized carbons (Fsp3) is 0.500. The van der Waals surface area contributed by atoms with Crippen LogP contribution in [0.15, 0.2) is 23.2 Å². The maximum absolute atomic E-state index is 12.3. The predicted molar refractivity (Wildman–Crippen MR) is 111 cm³/mol. The zero-order valence-electron chi connectivity index (χ0n) is 17.2. The molecule has 2 aromatic rings. The summed E-state index contributed by atoms with van der Waals surface area (Å²) in [5, 5.41) is 9.38. The minimum atomic E-state index is -3.97. The molecule has 0 radical (unpaired) electrons. The van der Waals surface area contributed by atoms with Crippen LogP contribution in [0.25, 0.3) is 10.8 Å². The van der Waals surface area contributed by atoms with Gasteiger partial charge in [0.2, 0.25) is 10.0 Å². The van der Waals surface area contributed by atoms with Gasteiger partial charge in [-0.2, -0.15) is 0 Å². The SMILES string of the molecule is CC(NC(=O)OC(C)(C)C)c1c(CN)cc(S(N)(=O)=O)c2cc(C3CC3)ncc12. The molecule has 1 atom stereocenters. The molecule has 29 heavy (non-hydrogen) atoms. The molecule has 0 spiro atoms. The van der Waals surface area contributed by atoms with Crippen molar-refractivity contribution in [2.45, 2.75) is 69.5 Å². The molecule has 0 saturated heterocycles. The van der Waals surface area contributed by atoms with Gasteiger partial charge in [0.15, 0.2) is 0 Å². The van der Waals surface area contributed by atoms with E-state index in [0.717, 1.165) is 18.5 Å². The third-order valence-corrected chi connectivity index (χ3v) is 5.77. The highest BCUT2D eigenvalue weighted by molar-refractivity contribution is 7.89. The van der Waals surface area contributed by atoms with E-state index in [4.69, 9.17) is 15.6 Å². The van der Waals surface area contributed by atoms with Crippen LogP contribution in [-0.2, 0) is 21.3 Å². The van der Waals surface area contributed by atoms with Gasteiger partial charge in [0.1, 0.15) is 5.60 Å². The molecule has 0 aliphatic heterocycles. The van der Waals surface area contributed by atoms with Crippen molar-refractivity contribution < 1.29 is 17.9 Å². The van der Waals surface area contributed by atoms with Gasteiger partial charge in [-0.25, -0.2) is 18.4 Å². The molecule has 1 fully saturated rings. The number of hydrogen-bond acceptors (Lipinski definition) is 6. The number of benzene rings is 1. The van der Waals surface area contributed by atoms with Crippen molar-refractivity contribution in [1.29, 1.82) is 0 Å². The number of primary sulfonamides is 1. The third-order valence-electron chi connectivity index (χ3n) is 4.82. The lowest BCUT2D eigenvalue weighted by molar-refractivity contribution is 0.0508. The molecule has 3 rings (SSSR count). The first-order chi connectivity index (χ1) is 13.4. The molecular weight excluding hydrogens is 392 g/mol. The van der Waals surface area contributed by atoms with Gasteiger partial charge in [0, 0.05) is 35.1 Å². The monoisotopic (exact) mass is 420 g/mol. The smallest absolute Gasteiger partial charge is 0.408 e. The van der Waals surface area contributed by atoms with Crippen LogP contribution in [-0.4, -0.2) is 25.1 Å². The Balaban J connectivity index is 2.14. The van der Waals surface area contributed by atoms with E-state index < -0.39 is 27.8 Å². The van der Waals surface area contributed by atoms with E-state index in [2.05, 4.69) is 10.3 Å². The van der Waals surface area contributed by atoms with Crippen LogP contribution in [0, 0.1) is 0 Å². The number of amides is 1. The first-order valence-electron chi connectivity index (χ1n) is 9.58. The van der Waals surface area contributed by atoms with E-state index in [9.17, 15) is 13.2 Å². The fourth-order valence-corrected chi connectivity index (χ4v) is 4.23. The summed E-state index contributed by atoms with van der Waals surface area (Å²) in [6, 6.07) is 2.81. The van der Waals surface area contributed by atoms with Crippen molar-refractivity contribution in [1.82, 2.24) is 10.3 Å². The van der Waals surface area contributed by atoms with Crippen LogP contribution in [0.3, 0.4) is 0 Å². The molecule has 1 aromatic carbocycles. The molecular formula is C20H28N4O4S. The number of sulfonamides is 1. The van der Waals surface area contributed by atoms with Crippen molar-refractivity contribution in [3.05, 3.63) is 35.2 Å². The predicted octanol–water partition coefficient (Wildman–Crippen LogP) is 2.80. The molecule has 1 amide bonds. The summed E-state index contributed by atoms with van der Waals surface area (Å²) in [6.07, 6.45) is 3.15. The van der Waals surface area contributed by atoms with Gasteiger partial charge >= 0.3 is 6.09 Å². The fourth-order valence-electron chi connectivity index (χ4n) is 3.45. The Kier molecular flexibility index (Phi) is 5.59. The molecule has 1 unspecified atom stereocenters. The Morgan fingerprint density at radius 1 is 1.31 bits per heavy atom. The highest BCUT2D eigenvalue weighted by Gasteiger charge is 2.28. The summed E-state index contributed by atoms with van der Waals surface area (Å²) in [5.41, 5.74) is 7.40. The summed E-state index contributed by atoms with van der Waals surface area (Å²) >= 11 is 0. The van der Waals surface area contributed by atoms with Crippen molar-refractivity contribution >= 4 is 26.9 Å². The maximum atomic E-state index is 12.3. The maximum Gasteiger partial charge on any atom is 0.408 e. The number of nitrogens with zero attached hydrogens (tertiary/aromatic N) is 1. The Labute approximate surface area is 171 Å². The van der Waals surface area contributed by atoms with E-state index in [0.29, 0.717) is 27.8 Å². The molecule has 1 aliphatic rings. The quantitative estimate of drug-likeness (QED) is 0.680. The lowest BCUT2D eigenvalue weighted by atomic mass is 9.94. The number of nitrogens with two attached hydrogens (primary N) is 2. The lowest BCUT2D eigenvalue weighted by Gasteiger charge is -2.24. The number of aromatic nitrogens is 1. The summed E-state index contributed by atoms with van der Waals surface area (Å²) in [6.45, 7) is 7.22. The summed E-state index contributed by atoms with van der Waals surface area (Å²) < 4.78 is 29.8. The molecule has 158 valence electrons. The van der Waals surface area contributed by atoms with Crippen LogP contribution in [0.2, 0.25) is 0 Å². The van der Waals surface area contributed by atoms with E-state index in [1.54, 1.807) is 40.0 Å². The van der Waals surface area contributed by atoms with E-state index in [-0.39, 0.29) is 11.4 Å². The first-order valence-corrected chi connectivity index (χ1v) is 11.1. The van der Waals surface area contributed by atoms with Crippen molar-refractivity contribution in [3.8, 4) is 0 Å². The molecule has 8 nitrogen and oxygen atoms in total. The zero-order chi connectivity index (χ0) is 21.6. The summed E-state index contributed by atoms with van der Waals surface area (Å²) in [7, 11) is -3.97. The number of ether oxygens (including phenoxy) is 1. The number of alkyl carbamates (subject to hydrolysis) is 1. The molecule has 1 saturated carbocycles. The minimum Gasteiger partial charge on any atom is -0.444 e. The number of hydrogen-bond donors (Lipinski definition) is 3. The highest BCUT2D eigenvalue weighted by atomic mass is 32.2. The van der Waals surface area contributed by atoms with Gasteiger partial charge in [-0.1, -0.05) is 0 Å². The largest absolute Gasteiger partial charge is 0.444 e. The Morgan fingerprint density at radius 2 is 1.97 bits per heavy atom. The average Bonchev–Trinajstić information content (AvgIpc) is 3.41. The van der Waals surface area contributed by atoms with Crippen molar-refractivity contribution in [2.75, 3.05) is 0 Å². The molecule has 5 N–H and O–H groups in total. The van der Waals surface area contributed by atoms with Crippen LogP contribution >= 0.6 is 0 Å². The number of carbonyl (C=O) groups excluding carboxylic acids is 1. The van der Waals surface area contributed by atoms with Gasteiger partial charge in [-0.15, -0.1) is 0 Å². The van der Waals surface area contributed by atoms with E-state index in [1.165, 1.54) is 6.07 Å². The summed E-state index contributed by atoms with van der Waals surface area (Å²) in [4.78, 5) is 16.8. The number of fused-ring (bicyclic) bond motifs is 1. The van der Waals surface area contributed by atoms with Gasteiger partial charge in [0.25, 0.3) is 0 Å². The Bertz CT molecular complexity index is 1060. The van der Waals surface area contributed by atoms with E-state index >= 15 is 0 Å². The standard InChI is InChI=1S/C20H28N4O4S/c1-11(24-19(25)28-20(2,3)4)18-13(9-21)7-17(29(22,26)27)14-8-16(12-5-6-12)23-10-15(14)18/h7-8,10-12H,5-6,9,21H2,1-4H3,(H,24,25)(H2,22,26,27). The number of nitrogens with one attached hydrogen (secondary N) is 1. The van der Waals surface area contributed by atoms with Crippen LogP contribution < -0.4 is 16.2 Å². The average molecular weight is 421 g/mol. The number of pyridine rings is 1. The first kappa shape index (κ1) is 21.5. The number of rotatable bonds is 5. The zero-order valence-corrected chi connectivity index (χ0v) is 18.0. The Morgan fingerprint density at radius 3 is 2.48 bits per heavy atom. The van der Waals surface area contributed by atoms with Gasteiger partial charge in [-0.3, -0.25) is 4.98 Å². The molecule has 1 aromatic heterocycles. The molecule has 1 aliphatic carbocycles. The van der Waals surface area contributed by atoms with E-state index in [1.807, 2.05) is 0 Å². The second-order valence-corrected chi connectivity index (χ2v) is 10.0. The van der Waals surface area contributed by atoms with Gasteiger partial charge in [0.05, 0.1) is 10.9 Å². The highest BCUT2D eigenvalue weighted by Crippen LogP contribution is 2.41. The topological polar surface area (TPSA) is 137 Å². The van der Waals surface area contributed by atoms with Crippen LogP contribution in [0.5, 0.6) is 0 Å². The van der Waals surface area contributed by atoms with Crippen molar-refractivity contribution in [2.24, 2.45) is 10.9 Å². The molecule has 1 heterocycles. The van der Waals surface area contributed by atoms with Crippen LogP contribution in [0.4, 0.5) is 4.79 Å². The van der Waals surface area contributed by atoms with Crippen LogP contribution in [0.1, 0.15) is 69.3 Å². The molecule has 9 heteroatoms. The lowest BCUT2D eigenvalue weighted by Crippen LogP contribution is -2.34.